The van der Waals surface area contributed by atoms with Crippen LogP contribution in [-0.4, -0.2) is 58.3 Å². The van der Waals surface area contributed by atoms with Crippen LogP contribution in [0.5, 0.6) is 11.5 Å². The maximum atomic E-state index is 13.0. The molecule has 0 bridgehead atoms. The van der Waals surface area contributed by atoms with Crippen molar-refractivity contribution in [1.82, 2.24) is 4.90 Å². The summed E-state index contributed by atoms with van der Waals surface area (Å²) in [6, 6.07) is 21.0. The van der Waals surface area contributed by atoms with Crippen molar-refractivity contribution in [2.24, 2.45) is 0 Å². The van der Waals surface area contributed by atoms with Crippen molar-refractivity contribution in [2.45, 2.75) is 0 Å². The van der Waals surface area contributed by atoms with Crippen LogP contribution in [0, 0.1) is 0 Å². The molecule has 10 heteroatoms. The van der Waals surface area contributed by atoms with Crippen molar-refractivity contribution in [2.75, 3.05) is 62.1 Å². The van der Waals surface area contributed by atoms with E-state index >= 15 is 0 Å². The molecule has 0 atom stereocenters. The number of amides is 1. The van der Waals surface area contributed by atoms with Gasteiger partial charge in [-0.3, -0.25) is 14.6 Å². The van der Waals surface area contributed by atoms with Crippen LogP contribution in [0.15, 0.2) is 71.2 Å². The lowest BCUT2D eigenvalue weighted by Gasteiger charge is -2.36. The maximum Gasteiger partial charge on any atom is 0.253 e. The van der Waals surface area contributed by atoms with E-state index in [-0.39, 0.29) is 5.91 Å². The average molecular weight is 574 g/mol. The molecule has 1 aliphatic heterocycles. The number of para-hydroxylation sites is 2. The largest absolute Gasteiger partial charge is 0.495 e. The quantitative estimate of drug-likeness (QED) is 0.205. The number of hydrogen-bond donors (Lipinski definition) is 1. The molecule has 0 unspecified atom stereocenters. The second-order valence-corrected chi connectivity index (χ2v) is 9.88. The van der Waals surface area contributed by atoms with Crippen molar-refractivity contribution >= 4 is 51.1 Å². The number of carbonyl (C=O) groups is 1. The van der Waals surface area contributed by atoms with Crippen molar-refractivity contribution in [3.8, 4) is 11.5 Å². The summed E-state index contributed by atoms with van der Waals surface area (Å²) in [5.74, 6) is 1.61. The molecule has 0 radical (unpaired) electrons. The first kappa shape index (κ1) is 26.0. The van der Waals surface area contributed by atoms with Crippen LogP contribution < -0.4 is 24.2 Å². The first-order valence-corrected chi connectivity index (χ1v) is 12.9. The Labute approximate surface area is 224 Å². The molecular weight excluding hydrogens is 544 g/mol. The topological polar surface area (TPSA) is 66.5 Å². The van der Waals surface area contributed by atoms with Gasteiger partial charge in [0.15, 0.2) is 0 Å². The monoisotopic (exact) mass is 572 g/mol. The van der Waals surface area contributed by atoms with Crippen LogP contribution in [0.2, 0.25) is 0 Å². The molecule has 190 valence electrons. The standard InChI is InChI=1S/C26H29BrN4O4S/c1-29(23-18-20(27)10-13-25(23)34-3)36-35-28-21-11-8-19(9-12-21)26(32)31-16-14-30(15-17-31)22-6-4-5-7-24(22)33-2/h4-13,18,28H,14-17H2,1-3H3. The van der Waals surface area contributed by atoms with E-state index in [2.05, 4.69) is 32.4 Å². The van der Waals surface area contributed by atoms with Gasteiger partial charge in [-0.25, -0.2) is 0 Å². The molecule has 1 heterocycles. The Kier molecular flexibility index (Phi) is 8.84. The fourth-order valence-corrected chi connectivity index (χ4v) is 4.79. The zero-order chi connectivity index (χ0) is 25.5. The smallest absolute Gasteiger partial charge is 0.253 e. The van der Waals surface area contributed by atoms with Crippen molar-refractivity contribution in [1.29, 1.82) is 0 Å². The number of piperazine rings is 1. The molecule has 3 aromatic carbocycles. The summed E-state index contributed by atoms with van der Waals surface area (Å²) in [6.45, 7) is 2.82. The molecule has 36 heavy (non-hydrogen) atoms. The number of rotatable bonds is 9. The Morgan fingerprint density at radius 1 is 0.944 bits per heavy atom. The van der Waals surface area contributed by atoms with E-state index in [0.717, 1.165) is 58.4 Å². The van der Waals surface area contributed by atoms with Crippen molar-refractivity contribution in [3.63, 3.8) is 0 Å². The molecule has 0 spiro atoms. The number of hydrogen-bond acceptors (Lipinski definition) is 8. The Balaban J connectivity index is 1.27. The van der Waals surface area contributed by atoms with Crippen LogP contribution in [-0.2, 0) is 4.28 Å². The minimum absolute atomic E-state index is 0.0259. The van der Waals surface area contributed by atoms with Crippen molar-refractivity contribution in [3.05, 3.63) is 76.8 Å². The van der Waals surface area contributed by atoms with E-state index < -0.39 is 0 Å². The van der Waals surface area contributed by atoms with Gasteiger partial charge in [0, 0.05) is 43.3 Å². The minimum Gasteiger partial charge on any atom is -0.495 e. The first-order chi connectivity index (χ1) is 17.5. The number of carbonyl (C=O) groups excluding carboxylic acids is 1. The van der Waals surface area contributed by atoms with Gasteiger partial charge in [0.05, 0.1) is 31.3 Å². The Morgan fingerprint density at radius 2 is 1.64 bits per heavy atom. The number of nitrogens with one attached hydrogen (secondary N) is 1. The Bertz CT molecular complexity index is 1170. The summed E-state index contributed by atoms with van der Waals surface area (Å²) in [7, 11) is 5.19. The molecule has 1 N–H and O–H groups in total. The third-order valence-electron chi connectivity index (χ3n) is 5.91. The number of nitrogens with zero attached hydrogens (tertiary/aromatic N) is 3. The van der Waals surface area contributed by atoms with E-state index in [0.29, 0.717) is 18.7 Å². The lowest BCUT2D eigenvalue weighted by atomic mass is 10.1. The van der Waals surface area contributed by atoms with Gasteiger partial charge in [0.2, 0.25) is 0 Å². The molecule has 1 saturated heterocycles. The third-order valence-corrected chi connectivity index (χ3v) is 6.98. The molecule has 0 aliphatic carbocycles. The van der Waals surface area contributed by atoms with Gasteiger partial charge in [0.1, 0.15) is 23.7 Å². The van der Waals surface area contributed by atoms with Crippen LogP contribution in [0.1, 0.15) is 10.4 Å². The number of ether oxygens (including phenoxy) is 2. The lowest BCUT2D eigenvalue weighted by molar-refractivity contribution is 0.0746. The van der Waals surface area contributed by atoms with Crippen LogP contribution >= 0.6 is 28.2 Å². The van der Waals surface area contributed by atoms with E-state index in [4.69, 9.17) is 13.8 Å². The molecule has 1 aliphatic rings. The summed E-state index contributed by atoms with van der Waals surface area (Å²) < 4.78 is 19.3. The summed E-state index contributed by atoms with van der Waals surface area (Å²) in [4.78, 5) is 17.2. The predicted molar refractivity (Wildman–Crippen MR) is 149 cm³/mol. The molecule has 0 saturated carbocycles. The van der Waals surface area contributed by atoms with Gasteiger partial charge < -0.3 is 19.3 Å². The second-order valence-electron chi connectivity index (χ2n) is 8.10. The minimum atomic E-state index is 0.0259. The number of methoxy groups -OCH3 is 2. The zero-order valence-corrected chi connectivity index (χ0v) is 22.8. The van der Waals surface area contributed by atoms with Crippen LogP contribution in [0.3, 0.4) is 0 Å². The summed E-state index contributed by atoms with van der Waals surface area (Å²) >= 11 is 4.61. The highest BCUT2D eigenvalue weighted by Crippen LogP contribution is 2.34. The third kappa shape index (κ3) is 6.18. The van der Waals surface area contributed by atoms with Gasteiger partial charge in [0.25, 0.3) is 5.91 Å². The Morgan fingerprint density at radius 3 is 2.33 bits per heavy atom. The fraction of sp³-hybridized carbons (Fsp3) is 0.269. The Hall–Kier alpha value is -3.08. The van der Waals surface area contributed by atoms with Gasteiger partial charge in [-0.2, -0.15) is 4.28 Å². The molecule has 1 amide bonds. The predicted octanol–water partition coefficient (Wildman–Crippen LogP) is 5.47. The summed E-state index contributed by atoms with van der Waals surface area (Å²) in [5, 5.41) is 0. The van der Waals surface area contributed by atoms with Crippen molar-refractivity contribution < 1.29 is 18.6 Å². The van der Waals surface area contributed by atoms with E-state index in [1.165, 1.54) is 0 Å². The normalized spacial score (nSPS) is 13.3. The molecule has 8 nitrogen and oxygen atoms in total. The lowest BCUT2D eigenvalue weighted by Crippen LogP contribution is -2.48. The number of halogens is 1. The second kappa shape index (κ2) is 12.2. The first-order valence-electron chi connectivity index (χ1n) is 11.4. The van der Waals surface area contributed by atoms with Gasteiger partial charge in [-0.15, -0.1) is 0 Å². The number of benzene rings is 3. The van der Waals surface area contributed by atoms with Crippen LogP contribution in [0.4, 0.5) is 17.1 Å². The molecule has 4 rings (SSSR count). The van der Waals surface area contributed by atoms with E-state index in [1.807, 2.05) is 76.9 Å². The molecule has 0 aromatic heterocycles. The fourth-order valence-electron chi connectivity index (χ4n) is 3.98. The summed E-state index contributed by atoms with van der Waals surface area (Å²) in [6.07, 6.45) is 0. The van der Waals surface area contributed by atoms with E-state index in [9.17, 15) is 4.79 Å². The highest BCUT2D eigenvalue weighted by Gasteiger charge is 2.23. The molecular formula is C26H29BrN4O4S. The van der Waals surface area contributed by atoms with Gasteiger partial charge >= 0.3 is 0 Å². The summed E-state index contributed by atoms with van der Waals surface area (Å²) in [5.41, 5.74) is 6.22. The SMILES string of the molecule is COc1ccccc1N1CCN(C(=O)c2ccc(NOSN(C)c3cc(Br)ccc3OC)cc2)CC1. The van der Waals surface area contributed by atoms with Gasteiger partial charge in [-0.1, -0.05) is 28.1 Å². The highest BCUT2D eigenvalue weighted by atomic mass is 79.9. The zero-order valence-electron chi connectivity index (χ0n) is 20.4. The maximum absolute atomic E-state index is 13.0. The molecule has 3 aromatic rings. The van der Waals surface area contributed by atoms with E-state index in [1.54, 1.807) is 14.2 Å². The average Bonchev–Trinajstić information content (AvgIpc) is 2.93. The molecule has 1 fully saturated rings. The highest BCUT2D eigenvalue weighted by molar-refractivity contribution is 9.10. The number of anilines is 3. The van der Waals surface area contributed by atoms with Gasteiger partial charge in [-0.05, 0) is 54.6 Å². The van der Waals surface area contributed by atoms with Crippen LogP contribution in [0.25, 0.3) is 0 Å².